The van der Waals surface area contributed by atoms with Crippen molar-refractivity contribution in [2.24, 2.45) is 0 Å². The summed E-state index contributed by atoms with van der Waals surface area (Å²) < 4.78 is 10.1. The fourth-order valence-electron chi connectivity index (χ4n) is 3.50. The molecule has 32 heavy (non-hydrogen) atoms. The molecule has 1 aliphatic heterocycles. The van der Waals surface area contributed by atoms with Crippen LogP contribution >= 0.6 is 0 Å². The van der Waals surface area contributed by atoms with E-state index in [9.17, 15) is 19.5 Å². The minimum Gasteiger partial charge on any atom is -0.497 e. The Morgan fingerprint density at radius 3 is 2.31 bits per heavy atom. The average molecular weight is 441 g/mol. The molecule has 9 heteroatoms. The fourth-order valence-corrected chi connectivity index (χ4v) is 3.50. The molecule has 1 fully saturated rings. The highest BCUT2D eigenvalue weighted by Crippen LogP contribution is 2.25. The third-order valence-electron chi connectivity index (χ3n) is 5.20. The number of carbonyl (C=O) groups is 3. The molecule has 0 radical (unpaired) electrons. The number of rotatable bonds is 7. The average Bonchev–Trinajstić information content (AvgIpc) is 2.80. The van der Waals surface area contributed by atoms with Crippen molar-refractivity contribution in [3.63, 3.8) is 0 Å². The van der Waals surface area contributed by atoms with Gasteiger partial charge in [-0.3, -0.25) is 4.79 Å². The SMILES string of the molecule is CCOC(=O)N1CCN(c2ccc(NC(=O)Cc3ccc(OC)cc3)c(C(=O)O)c2)CC1. The van der Waals surface area contributed by atoms with E-state index in [-0.39, 0.29) is 29.7 Å². The zero-order valence-electron chi connectivity index (χ0n) is 18.2. The number of benzene rings is 2. The summed E-state index contributed by atoms with van der Waals surface area (Å²) in [5.74, 6) is -0.744. The highest BCUT2D eigenvalue weighted by Gasteiger charge is 2.23. The maximum Gasteiger partial charge on any atom is 0.409 e. The van der Waals surface area contributed by atoms with Crippen molar-refractivity contribution in [2.75, 3.05) is 50.1 Å². The standard InChI is InChI=1S/C23H27N3O6/c1-3-32-23(30)26-12-10-25(11-13-26)17-6-9-20(19(15-17)22(28)29)24-21(27)14-16-4-7-18(31-2)8-5-16/h4-9,15H,3,10-14H2,1-2H3,(H,24,27)(H,28,29). The molecule has 0 atom stereocenters. The predicted octanol–water partition coefficient (Wildman–Crippen LogP) is 2.85. The number of aromatic carboxylic acids is 1. The van der Waals surface area contributed by atoms with E-state index in [0.717, 1.165) is 11.3 Å². The van der Waals surface area contributed by atoms with E-state index < -0.39 is 5.97 Å². The molecule has 2 aromatic carbocycles. The Labute approximate surface area is 186 Å². The predicted molar refractivity (Wildman–Crippen MR) is 120 cm³/mol. The van der Waals surface area contributed by atoms with E-state index >= 15 is 0 Å². The minimum absolute atomic E-state index is 0.0124. The molecule has 0 aromatic heterocycles. The highest BCUT2D eigenvalue weighted by atomic mass is 16.6. The summed E-state index contributed by atoms with van der Waals surface area (Å²) in [7, 11) is 1.57. The Kier molecular flexibility index (Phi) is 7.54. The van der Waals surface area contributed by atoms with E-state index in [1.807, 2.05) is 4.90 Å². The topological polar surface area (TPSA) is 108 Å². The van der Waals surface area contributed by atoms with Gasteiger partial charge in [-0.1, -0.05) is 12.1 Å². The first-order valence-corrected chi connectivity index (χ1v) is 10.4. The number of carboxylic acid groups (broad SMARTS) is 1. The van der Waals surface area contributed by atoms with Crippen LogP contribution in [-0.2, 0) is 16.0 Å². The fraction of sp³-hybridized carbons (Fsp3) is 0.348. The number of carbonyl (C=O) groups excluding carboxylic acids is 2. The van der Waals surface area contributed by atoms with Gasteiger partial charge in [0.15, 0.2) is 0 Å². The first-order valence-electron chi connectivity index (χ1n) is 10.4. The lowest BCUT2D eigenvalue weighted by Crippen LogP contribution is -2.49. The highest BCUT2D eigenvalue weighted by molar-refractivity contribution is 6.01. The van der Waals surface area contributed by atoms with Crippen LogP contribution < -0.4 is 15.0 Å². The summed E-state index contributed by atoms with van der Waals surface area (Å²) in [6.45, 7) is 4.18. The Balaban J connectivity index is 1.66. The summed E-state index contributed by atoms with van der Waals surface area (Å²) in [6, 6.07) is 12.0. The Morgan fingerprint density at radius 2 is 1.72 bits per heavy atom. The van der Waals surface area contributed by atoms with Crippen molar-refractivity contribution in [3.8, 4) is 5.75 Å². The van der Waals surface area contributed by atoms with Crippen molar-refractivity contribution in [3.05, 3.63) is 53.6 Å². The molecule has 2 amide bonds. The smallest absolute Gasteiger partial charge is 0.409 e. The van der Waals surface area contributed by atoms with Crippen LogP contribution in [0.2, 0.25) is 0 Å². The van der Waals surface area contributed by atoms with Gasteiger partial charge in [0.1, 0.15) is 5.75 Å². The van der Waals surface area contributed by atoms with Gasteiger partial charge < -0.3 is 29.7 Å². The number of hydrogen-bond acceptors (Lipinski definition) is 6. The summed E-state index contributed by atoms with van der Waals surface area (Å²) in [4.78, 5) is 39.8. The quantitative estimate of drug-likeness (QED) is 0.680. The van der Waals surface area contributed by atoms with E-state index in [1.165, 1.54) is 0 Å². The zero-order chi connectivity index (χ0) is 23.1. The zero-order valence-corrected chi connectivity index (χ0v) is 18.2. The minimum atomic E-state index is -1.13. The number of piperazine rings is 1. The van der Waals surface area contributed by atoms with Crippen LogP contribution in [0.25, 0.3) is 0 Å². The van der Waals surface area contributed by atoms with Crippen LogP contribution in [0.5, 0.6) is 5.75 Å². The third kappa shape index (κ3) is 5.69. The van der Waals surface area contributed by atoms with Gasteiger partial charge in [0.05, 0.1) is 31.4 Å². The van der Waals surface area contributed by atoms with E-state index in [4.69, 9.17) is 9.47 Å². The number of ether oxygens (including phenoxy) is 2. The van der Waals surface area contributed by atoms with Crippen LogP contribution in [0.3, 0.4) is 0 Å². The van der Waals surface area contributed by atoms with Crippen LogP contribution in [-0.4, -0.2) is 67.9 Å². The van der Waals surface area contributed by atoms with Crippen molar-refractivity contribution < 1.29 is 29.0 Å². The first kappa shape index (κ1) is 22.9. The van der Waals surface area contributed by atoms with Crippen molar-refractivity contribution in [2.45, 2.75) is 13.3 Å². The largest absolute Gasteiger partial charge is 0.497 e. The first-order chi connectivity index (χ1) is 15.4. The second kappa shape index (κ2) is 10.5. The number of carboxylic acids is 1. The second-order valence-corrected chi connectivity index (χ2v) is 7.28. The molecule has 0 bridgehead atoms. The Hall–Kier alpha value is -3.75. The number of nitrogens with zero attached hydrogens (tertiary/aromatic N) is 2. The normalized spacial score (nSPS) is 13.4. The molecule has 0 saturated carbocycles. The van der Waals surface area contributed by atoms with Crippen molar-refractivity contribution in [1.82, 2.24) is 4.90 Å². The van der Waals surface area contributed by atoms with Gasteiger partial charge in [-0.05, 0) is 42.8 Å². The second-order valence-electron chi connectivity index (χ2n) is 7.28. The maximum atomic E-state index is 12.5. The van der Waals surface area contributed by atoms with Crippen molar-refractivity contribution in [1.29, 1.82) is 0 Å². The van der Waals surface area contributed by atoms with Crippen LogP contribution in [0.15, 0.2) is 42.5 Å². The van der Waals surface area contributed by atoms with Crippen LogP contribution in [0.1, 0.15) is 22.8 Å². The molecule has 2 N–H and O–H groups in total. The lowest BCUT2D eigenvalue weighted by atomic mass is 10.1. The molecule has 1 heterocycles. The lowest BCUT2D eigenvalue weighted by molar-refractivity contribution is -0.115. The lowest BCUT2D eigenvalue weighted by Gasteiger charge is -2.35. The molecule has 0 aliphatic carbocycles. The molecule has 3 rings (SSSR count). The number of methoxy groups -OCH3 is 1. The number of amides is 2. The Morgan fingerprint density at radius 1 is 1.03 bits per heavy atom. The van der Waals surface area contributed by atoms with Gasteiger partial charge in [0.2, 0.25) is 5.91 Å². The molecular weight excluding hydrogens is 414 g/mol. The molecule has 2 aromatic rings. The molecule has 9 nitrogen and oxygen atoms in total. The number of hydrogen-bond donors (Lipinski definition) is 2. The van der Waals surface area contributed by atoms with E-state index in [0.29, 0.717) is 38.5 Å². The van der Waals surface area contributed by atoms with E-state index in [1.54, 1.807) is 61.4 Å². The van der Waals surface area contributed by atoms with Crippen LogP contribution in [0, 0.1) is 0 Å². The molecule has 1 aliphatic rings. The number of anilines is 2. The molecule has 1 saturated heterocycles. The monoisotopic (exact) mass is 441 g/mol. The summed E-state index contributed by atoms with van der Waals surface area (Å²) >= 11 is 0. The van der Waals surface area contributed by atoms with E-state index in [2.05, 4.69) is 5.32 Å². The summed E-state index contributed by atoms with van der Waals surface area (Å²) in [6.07, 6.45) is -0.228. The third-order valence-corrected chi connectivity index (χ3v) is 5.20. The van der Waals surface area contributed by atoms with Crippen molar-refractivity contribution >= 4 is 29.3 Å². The molecule has 0 spiro atoms. The molecular formula is C23H27N3O6. The van der Waals surface area contributed by atoms with Gasteiger partial charge >= 0.3 is 12.1 Å². The van der Waals surface area contributed by atoms with Gasteiger partial charge in [-0.2, -0.15) is 0 Å². The maximum absolute atomic E-state index is 12.5. The van der Waals surface area contributed by atoms with Gasteiger partial charge in [0.25, 0.3) is 0 Å². The summed E-state index contributed by atoms with van der Waals surface area (Å²) in [5, 5.41) is 12.4. The van der Waals surface area contributed by atoms with Crippen LogP contribution in [0.4, 0.5) is 16.2 Å². The summed E-state index contributed by atoms with van der Waals surface area (Å²) in [5.41, 5.74) is 1.76. The number of nitrogens with one attached hydrogen (secondary N) is 1. The van der Waals surface area contributed by atoms with Gasteiger partial charge in [-0.25, -0.2) is 9.59 Å². The molecule has 0 unspecified atom stereocenters. The van der Waals surface area contributed by atoms with Gasteiger partial charge in [-0.15, -0.1) is 0 Å². The molecule has 170 valence electrons. The Bertz CT molecular complexity index is 968. The van der Waals surface area contributed by atoms with Gasteiger partial charge in [0, 0.05) is 31.9 Å².